The van der Waals surface area contributed by atoms with Gasteiger partial charge in [-0.1, -0.05) is 37.3 Å². The zero-order chi connectivity index (χ0) is 11.4. The highest BCUT2D eigenvalue weighted by molar-refractivity contribution is 8.00. The summed E-state index contributed by atoms with van der Waals surface area (Å²) in [5.74, 6) is 0. The van der Waals surface area contributed by atoms with E-state index in [4.69, 9.17) is 5.26 Å². The molecule has 0 aliphatic heterocycles. The number of rotatable bonds is 3. The molecular formula is C14H13NS. The first-order chi connectivity index (χ1) is 7.83. The monoisotopic (exact) mass is 227 g/mol. The van der Waals surface area contributed by atoms with E-state index in [0.29, 0.717) is 0 Å². The van der Waals surface area contributed by atoms with Gasteiger partial charge in [-0.3, -0.25) is 0 Å². The molecule has 0 aromatic heterocycles. The second kappa shape index (κ2) is 5.05. The smallest absolute Gasteiger partial charge is 0.0961 e. The molecule has 16 heavy (non-hydrogen) atoms. The molecule has 0 aliphatic rings. The van der Waals surface area contributed by atoms with Gasteiger partial charge in [-0.2, -0.15) is 5.26 Å². The fourth-order valence-corrected chi connectivity index (χ4v) is 2.50. The number of fused-ring (bicyclic) bond motifs is 1. The van der Waals surface area contributed by atoms with Crippen LogP contribution in [0.15, 0.2) is 47.4 Å². The number of benzene rings is 2. The Morgan fingerprint density at radius 3 is 2.62 bits per heavy atom. The first-order valence-corrected chi connectivity index (χ1v) is 6.26. The third-order valence-corrected chi connectivity index (χ3v) is 3.76. The Hall–Kier alpha value is -1.46. The molecule has 0 saturated heterocycles. The van der Waals surface area contributed by atoms with Crippen molar-refractivity contribution in [3.8, 4) is 6.07 Å². The maximum atomic E-state index is 8.93. The van der Waals surface area contributed by atoms with Crippen LogP contribution in [0.1, 0.15) is 13.3 Å². The first-order valence-electron chi connectivity index (χ1n) is 5.38. The molecule has 2 rings (SSSR count). The van der Waals surface area contributed by atoms with Crippen molar-refractivity contribution in [3.05, 3.63) is 42.5 Å². The minimum atomic E-state index is 0.0566. The van der Waals surface area contributed by atoms with E-state index in [1.165, 1.54) is 15.7 Å². The van der Waals surface area contributed by atoms with Gasteiger partial charge in [0.25, 0.3) is 0 Å². The Morgan fingerprint density at radius 1 is 1.19 bits per heavy atom. The molecule has 80 valence electrons. The van der Waals surface area contributed by atoms with Crippen LogP contribution < -0.4 is 0 Å². The summed E-state index contributed by atoms with van der Waals surface area (Å²) in [6, 6.07) is 17.0. The van der Waals surface area contributed by atoms with E-state index in [0.717, 1.165) is 6.42 Å². The minimum absolute atomic E-state index is 0.0566. The largest absolute Gasteiger partial charge is 0.197 e. The summed E-state index contributed by atoms with van der Waals surface area (Å²) in [6.07, 6.45) is 0.883. The van der Waals surface area contributed by atoms with E-state index in [1.54, 1.807) is 11.8 Å². The highest BCUT2D eigenvalue weighted by Crippen LogP contribution is 2.27. The number of nitriles is 1. The summed E-state index contributed by atoms with van der Waals surface area (Å²) >= 11 is 1.64. The van der Waals surface area contributed by atoms with E-state index in [2.05, 4.69) is 36.4 Å². The summed E-state index contributed by atoms with van der Waals surface area (Å²) < 4.78 is 0. The molecule has 1 atom stereocenters. The molecule has 0 N–H and O–H groups in total. The maximum absolute atomic E-state index is 8.93. The van der Waals surface area contributed by atoms with Crippen LogP contribution in [-0.4, -0.2) is 5.25 Å². The Morgan fingerprint density at radius 2 is 1.94 bits per heavy atom. The third-order valence-electron chi connectivity index (χ3n) is 2.51. The predicted molar refractivity (Wildman–Crippen MR) is 69.5 cm³/mol. The number of thioether (sulfide) groups is 1. The third kappa shape index (κ3) is 2.37. The van der Waals surface area contributed by atoms with Gasteiger partial charge in [0, 0.05) is 4.90 Å². The van der Waals surface area contributed by atoms with Crippen molar-refractivity contribution in [2.75, 3.05) is 0 Å². The standard InChI is InChI=1S/C14H13NS/c1-2-13(10-15)16-14-8-7-11-5-3-4-6-12(11)9-14/h3-9,13H,2H2,1H3. The lowest BCUT2D eigenvalue weighted by atomic mass is 10.1. The highest BCUT2D eigenvalue weighted by Gasteiger charge is 2.06. The second-order valence-electron chi connectivity index (χ2n) is 3.65. The highest BCUT2D eigenvalue weighted by atomic mass is 32.2. The summed E-state index contributed by atoms with van der Waals surface area (Å²) in [6.45, 7) is 2.04. The maximum Gasteiger partial charge on any atom is 0.0961 e. The Balaban J connectivity index is 2.30. The Bertz CT molecular complexity index is 527. The molecule has 0 saturated carbocycles. The minimum Gasteiger partial charge on any atom is -0.197 e. The molecule has 0 spiro atoms. The van der Waals surface area contributed by atoms with Crippen LogP contribution in [0.2, 0.25) is 0 Å². The molecule has 1 unspecified atom stereocenters. The van der Waals surface area contributed by atoms with E-state index in [9.17, 15) is 0 Å². The van der Waals surface area contributed by atoms with Crippen LogP contribution >= 0.6 is 11.8 Å². The molecular weight excluding hydrogens is 214 g/mol. The van der Waals surface area contributed by atoms with Crippen LogP contribution in [-0.2, 0) is 0 Å². The van der Waals surface area contributed by atoms with E-state index in [-0.39, 0.29) is 5.25 Å². The topological polar surface area (TPSA) is 23.8 Å². The van der Waals surface area contributed by atoms with Crippen LogP contribution in [0.3, 0.4) is 0 Å². The lowest BCUT2D eigenvalue weighted by molar-refractivity contribution is 0.985. The van der Waals surface area contributed by atoms with Gasteiger partial charge in [0.15, 0.2) is 0 Å². The number of hydrogen-bond acceptors (Lipinski definition) is 2. The molecule has 2 heteroatoms. The summed E-state index contributed by atoms with van der Waals surface area (Å²) in [7, 11) is 0. The summed E-state index contributed by atoms with van der Waals surface area (Å²) in [5, 5.41) is 11.5. The van der Waals surface area contributed by atoms with Crippen molar-refractivity contribution in [2.24, 2.45) is 0 Å². The zero-order valence-corrected chi connectivity index (χ0v) is 10.00. The van der Waals surface area contributed by atoms with Gasteiger partial charge in [0.1, 0.15) is 0 Å². The summed E-state index contributed by atoms with van der Waals surface area (Å²) in [5.41, 5.74) is 0. The van der Waals surface area contributed by atoms with Gasteiger partial charge in [-0.05, 0) is 29.3 Å². The van der Waals surface area contributed by atoms with E-state index in [1.807, 2.05) is 19.1 Å². The van der Waals surface area contributed by atoms with Crippen molar-refractivity contribution in [1.29, 1.82) is 5.26 Å². The van der Waals surface area contributed by atoms with Gasteiger partial charge in [-0.15, -0.1) is 11.8 Å². The van der Waals surface area contributed by atoms with Gasteiger partial charge in [0.2, 0.25) is 0 Å². The lowest BCUT2D eigenvalue weighted by Gasteiger charge is -2.06. The first kappa shape index (κ1) is 11.0. The van der Waals surface area contributed by atoms with E-state index >= 15 is 0 Å². The molecule has 0 aliphatic carbocycles. The normalized spacial score (nSPS) is 12.2. The molecule has 2 aromatic carbocycles. The van der Waals surface area contributed by atoms with Crippen molar-refractivity contribution >= 4 is 22.5 Å². The fraction of sp³-hybridized carbons (Fsp3) is 0.214. The molecule has 2 aromatic rings. The molecule has 0 fully saturated rings. The van der Waals surface area contributed by atoms with Crippen LogP contribution in [0.4, 0.5) is 0 Å². The SMILES string of the molecule is CCC(C#N)Sc1ccc2ccccc2c1. The van der Waals surface area contributed by atoms with Crippen LogP contribution in [0.25, 0.3) is 10.8 Å². The molecule has 0 radical (unpaired) electrons. The molecule has 0 heterocycles. The molecule has 1 nitrogen and oxygen atoms in total. The zero-order valence-electron chi connectivity index (χ0n) is 9.18. The van der Waals surface area contributed by atoms with Gasteiger partial charge >= 0.3 is 0 Å². The quantitative estimate of drug-likeness (QED) is 0.732. The van der Waals surface area contributed by atoms with Crippen molar-refractivity contribution in [2.45, 2.75) is 23.5 Å². The van der Waals surface area contributed by atoms with Crippen molar-refractivity contribution < 1.29 is 0 Å². The van der Waals surface area contributed by atoms with Crippen LogP contribution in [0.5, 0.6) is 0 Å². The average Bonchev–Trinajstić information content (AvgIpc) is 2.35. The Labute approximate surface area is 100 Å². The Kier molecular flexibility index (Phi) is 3.48. The summed E-state index contributed by atoms with van der Waals surface area (Å²) in [4.78, 5) is 1.17. The van der Waals surface area contributed by atoms with Gasteiger partial charge in [0.05, 0.1) is 11.3 Å². The van der Waals surface area contributed by atoms with Crippen LogP contribution in [0, 0.1) is 11.3 Å². The van der Waals surface area contributed by atoms with Crippen molar-refractivity contribution in [1.82, 2.24) is 0 Å². The molecule has 0 amide bonds. The van der Waals surface area contributed by atoms with Crippen molar-refractivity contribution in [3.63, 3.8) is 0 Å². The van der Waals surface area contributed by atoms with E-state index < -0.39 is 0 Å². The predicted octanol–water partition coefficient (Wildman–Crippen LogP) is 4.23. The second-order valence-corrected chi connectivity index (χ2v) is 4.93. The lowest BCUT2D eigenvalue weighted by Crippen LogP contribution is -1.94. The number of hydrogen-bond donors (Lipinski definition) is 0. The van der Waals surface area contributed by atoms with Gasteiger partial charge in [-0.25, -0.2) is 0 Å². The average molecular weight is 227 g/mol. The number of nitrogens with zero attached hydrogens (tertiary/aromatic N) is 1. The van der Waals surface area contributed by atoms with Gasteiger partial charge < -0.3 is 0 Å². The molecule has 0 bridgehead atoms. The fourth-order valence-electron chi connectivity index (χ4n) is 1.61.